The van der Waals surface area contributed by atoms with Crippen LogP contribution in [0.2, 0.25) is 0 Å². The molecule has 17 nitrogen and oxygen atoms in total. The average molecular weight is 1130 g/mol. The number of esters is 1. The molecule has 0 fully saturated rings. The number of carbonyl (C=O) groups is 7. The van der Waals surface area contributed by atoms with E-state index in [-0.39, 0.29) is 66.2 Å². The number of aromatic carboxylic acids is 2. The summed E-state index contributed by atoms with van der Waals surface area (Å²) >= 11 is 0. The van der Waals surface area contributed by atoms with Crippen molar-refractivity contribution in [2.24, 2.45) is 5.73 Å². The van der Waals surface area contributed by atoms with Gasteiger partial charge in [-0.15, -0.1) is 12.4 Å². The molecule has 6 aromatic carbocycles. The number of benzene rings is 6. The van der Waals surface area contributed by atoms with E-state index in [9.17, 15) is 43.8 Å². The Balaban J connectivity index is 0.000000228. The molecule has 0 aliphatic rings. The first kappa shape index (κ1) is 63.0. The Bertz CT molecular complexity index is 3200. The number of nitrogens with two attached hydrogens (primary N) is 1. The number of carboxylic acid groups (broad SMARTS) is 4. The highest BCUT2D eigenvalue weighted by Crippen LogP contribution is 2.23. The van der Waals surface area contributed by atoms with Crippen molar-refractivity contribution in [3.05, 3.63) is 240 Å². The summed E-state index contributed by atoms with van der Waals surface area (Å²) in [5.74, 6) is -5.91. The molecule has 2 aromatic heterocycles. The number of carbonyl (C=O) groups excluding carboxylic acids is 3. The molecule has 422 valence electrons. The van der Waals surface area contributed by atoms with Crippen LogP contribution in [0.25, 0.3) is 33.4 Å². The molecule has 8 rings (SSSR count). The Labute approximate surface area is 480 Å². The third-order valence-electron chi connectivity index (χ3n) is 12.4. The highest BCUT2D eigenvalue weighted by molar-refractivity contribution is 5.97. The largest absolute Gasteiger partial charge is 0.481 e. The lowest BCUT2D eigenvalue weighted by Crippen LogP contribution is -2.38. The van der Waals surface area contributed by atoms with Crippen molar-refractivity contribution in [3.63, 3.8) is 0 Å². The molecule has 0 aliphatic carbocycles. The predicted molar refractivity (Wildman–Crippen MR) is 313 cm³/mol. The SMILES string of the molecule is CCOC(=O)C[C@H](N)Cc1ccc(-c2ccccc2)cc1.Cl.O=C(O)C[C@@H](Cc1ccc(-c2ccccc2)cc1)NC(=O)c1cc(C(=O)O)ccn1.O=C(O)C[C@@H](Cc1ccc(-c2ccccc2)cc1)NC(=O)c1ccnc(C(=O)O)c1. The molecule has 3 atom stereocenters. The number of hydrogen-bond donors (Lipinski definition) is 7. The van der Waals surface area contributed by atoms with Gasteiger partial charge in [-0.1, -0.05) is 164 Å². The summed E-state index contributed by atoms with van der Waals surface area (Å²) < 4.78 is 4.91. The fourth-order valence-electron chi connectivity index (χ4n) is 8.44. The normalized spacial score (nSPS) is 11.4. The third kappa shape index (κ3) is 20.8. The van der Waals surface area contributed by atoms with Crippen molar-refractivity contribution in [2.75, 3.05) is 6.61 Å². The number of carboxylic acids is 4. The summed E-state index contributed by atoms with van der Waals surface area (Å²) in [7, 11) is 0. The van der Waals surface area contributed by atoms with Crippen molar-refractivity contribution in [1.29, 1.82) is 0 Å². The number of nitrogens with zero attached hydrogens (tertiary/aromatic N) is 2. The molecule has 2 heterocycles. The van der Waals surface area contributed by atoms with Crippen molar-refractivity contribution < 1.29 is 58.7 Å². The topological polar surface area (TPSA) is 285 Å². The monoisotopic (exact) mass is 1130 g/mol. The van der Waals surface area contributed by atoms with Crippen LogP contribution < -0.4 is 16.4 Å². The van der Waals surface area contributed by atoms with Crippen LogP contribution in [0.15, 0.2) is 200 Å². The number of hydrogen-bond acceptors (Lipinski definition) is 11. The number of ether oxygens (including phenoxy) is 1. The van der Waals surface area contributed by atoms with E-state index in [2.05, 4.69) is 57.0 Å². The van der Waals surface area contributed by atoms with Crippen LogP contribution in [0.1, 0.15) is 84.6 Å². The molecule has 0 radical (unpaired) electrons. The smallest absolute Gasteiger partial charge is 0.354 e. The van der Waals surface area contributed by atoms with Gasteiger partial charge in [0, 0.05) is 36.1 Å². The number of halogens is 1. The summed E-state index contributed by atoms with van der Waals surface area (Å²) in [5, 5.41) is 41.8. The van der Waals surface area contributed by atoms with Crippen LogP contribution in [0.4, 0.5) is 0 Å². The molecule has 2 amide bonds. The number of amides is 2. The van der Waals surface area contributed by atoms with Gasteiger partial charge in [-0.05, 0) is 101 Å². The Morgan fingerprint density at radius 3 is 1.21 bits per heavy atom. The lowest BCUT2D eigenvalue weighted by atomic mass is 9.99. The Morgan fingerprint density at radius 1 is 0.451 bits per heavy atom. The van der Waals surface area contributed by atoms with E-state index >= 15 is 0 Å². The van der Waals surface area contributed by atoms with Gasteiger partial charge in [-0.2, -0.15) is 0 Å². The second-order valence-electron chi connectivity index (χ2n) is 18.6. The zero-order valence-corrected chi connectivity index (χ0v) is 45.5. The van der Waals surface area contributed by atoms with Crippen LogP contribution in [0.3, 0.4) is 0 Å². The Morgan fingerprint density at radius 2 is 0.817 bits per heavy atom. The van der Waals surface area contributed by atoms with Crippen molar-refractivity contribution in [1.82, 2.24) is 20.6 Å². The van der Waals surface area contributed by atoms with Crippen LogP contribution in [0, 0.1) is 0 Å². The van der Waals surface area contributed by atoms with Gasteiger partial charge in [0.1, 0.15) is 11.4 Å². The van der Waals surface area contributed by atoms with Crippen molar-refractivity contribution >= 4 is 54.1 Å². The molecular formula is C64H62ClN5O12. The van der Waals surface area contributed by atoms with Gasteiger partial charge < -0.3 is 41.5 Å². The molecule has 18 heteroatoms. The summed E-state index contributed by atoms with van der Waals surface area (Å²) in [6, 6.07) is 57.1. The molecule has 0 spiro atoms. The molecule has 0 bridgehead atoms. The highest BCUT2D eigenvalue weighted by atomic mass is 35.5. The first-order valence-corrected chi connectivity index (χ1v) is 25.8. The first-order chi connectivity index (χ1) is 39.0. The summed E-state index contributed by atoms with van der Waals surface area (Å²) in [4.78, 5) is 88.6. The maximum Gasteiger partial charge on any atom is 0.354 e. The van der Waals surface area contributed by atoms with E-state index in [1.807, 2.05) is 127 Å². The number of aromatic nitrogens is 2. The fraction of sp³-hybridized carbons (Fsp3) is 0.172. The maximum atomic E-state index is 12.5. The van der Waals surface area contributed by atoms with Crippen molar-refractivity contribution in [2.45, 2.75) is 63.6 Å². The molecule has 0 unspecified atom stereocenters. The number of aliphatic carboxylic acids is 2. The van der Waals surface area contributed by atoms with E-state index in [1.165, 1.54) is 35.7 Å². The fourth-order valence-corrected chi connectivity index (χ4v) is 8.44. The number of pyridine rings is 2. The summed E-state index contributed by atoms with van der Waals surface area (Å²) in [6.07, 6.45) is 3.49. The van der Waals surface area contributed by atoms with E-state index in [1.54, 1.807) is 6.92 Å². The number of nitrogens with one attached hydrogen (secondary N) is 2. The third-order valence-corrected chi connectivity index (χ3v) is 12.4. The molecule has 0 saturated carbocycles. The molecule has 8 aromatic rings. The van der Waals surface area contributed by atoms with E-state index in [4.69, 9.17) is 20.7 Å². The van der Waals surface area contributed by atoms with Gasteiger partial charge in [-0.25, -0.2) is 14.6 Å². The minimum absolute atomic E-state index is 0. The van der Waals surface area contributed by atoms with Crippen LogP contribution in [0.5, 0.6) is 0 Å². The van der Waals surface area contributed by atoms with E-state index < -0.39 is 47.8 Å². The molecule has 8 N–H and O–H groups in total. The summed E-state index contributed by atoms with van der Waals surface area (Å²) in [6.45, 7) is 2.20. The van der Waals surface area contributed by atoms with Gasteiger partial charge >= 0.3 is 29.8 Å². The van der Waals surface area contributed by atoms with Gasteiger partial charge in [-0.3, -0.25) is 29.0 Å². The average Bonchev–Trinajstić information content (AvgIpc) is 3.53. The minimum Gasteiger partial charge on any atom is -0.481 e. The van der Waals surface area contributed by atoms with E-state index in [0.717, 1.165) is 51.1 Å². The quantitative estimate of drug-likeness (QED) is 0.0311. The predicted octanol–water partition coefficient (Wildman–Crippen LogP) is 10.1. The maximum absolute atomic E-state index is 12.5. The van der Waals surface area contributed by atoms with Crippen molar-refractivity contribution in [3.8, 4) is 33.4 Å². The van der Waals surface area contributed by atoms with Gasteiger partial charge in [0.2, 0.25) is 0 Å². The molecular weight excluding hydrogens is 1070 g/mol. The second kappa shape index (κ2) is 32.3. The van der Waals surface area contributed by atoms with E-state index in [0.29, 0.717) is 25.9 Å². The van der Waals surface area contributed by atoms with Gasteiger partial charge in [0.25, 0.3) is 11.8 Å². The second-order valence-corrected chi connectivity index (χ2v) is 18.6. The lowest BCUT2D eigenvalue weighted by molar-refractivity contribution is -0.143. The molecule has 0 saturated heterocycles. The zero-order valence-electron chi connectivity index (χ0n) is 44.7. The number of rotatable bonds is 22. The summed E-state index contributed by atoms with van der Waals surface area (Å²) in [5.41, 5.74) is 15.2. The first-order valence-electron chi connectivity index (χ1n) is 25.8. The lowest BCUT2D eigenvalue weighted by Gasteiger charge is -2.17. The minimum atomic E-state index is -1.25. The Hall–Kier alpha value is -9.84. The molecule has 82 heavy (non-hydrogen) atoms. The van der Waals surface area contributed by atoms with Crippen LogP contribution >= 0.6 is 12.4 Å². The highest BCUT2D eigenvalue weighted by Gasteiger charge is 2.21. The standard InChI is InChI=1S/2C23H20N2O5.C18H21NO2.ClH/c26-21(27)14-19(25-22(28)20-13-18(23(29)30)10-11-24-20)12-15-6-8-17(9-7-15)16-4-2-1-3-5-16;26-21(27)14-19(25-22(28)18-10-11-24-20(13-18)23(29)30)12-15-6-8-17(9-7-15)16-4-2-1-3-5-16;1-2-21-18(20)13-17(19)12-14-8-10-16(11-9-14)15-6-4-3-5-7-15;/h2*1-11,13,19H,12,14H2,(H,25,28)(H,26,27)(H,29,30);3-11,17H,2,12-13,19H2,1H3;1H/t2*19-;17-;/m111./s1. The van der Waals surface area contributed by atoms with Gasteiger partial charge in [0.15, 0.2) is 0 Å². The van der Waals surface area contributed by atoms with Crippen LogP contribution in [-0.4, -0.2) is 96.8 Å². The Kier molecular flexibility index (Phi) is 24.8. The van der Waals surface area contributed by atoms with Crippen LogP contribution in [-0.2, 0) is 38.4 Å². The zero-order chi connectivity index (χ0) is 58.1. The molecule has 0 aliphatic heterocycles. The van der Waals surface area contributed by atoms with Gasteiger partial charge in [0.05, 0.1) is 31.4 Å².